The van der Waals surface area contributed by atoms with Gasteiger partial charge in [0.15, 0.2) is 0 Å². The zero-order valence-corrected chi connectivity index (χ0v) is 17.0. The van der Waals surface area contributed by atoms with Gasteiger partial charge in [0, 0.05) is 17.1 Å². The predicted molar refractivity (Wildman–Crippen MR) is 113 cm³/mol. The lowest BCUT2D eigenvalue weighted by molar-refractivity contribution is -0.121. The van der Waals surface area contributed by atoms with Gasteiger partial charge in [-0.2, -0.15) is 5.10 Å². The summed E-state index contributed by atoms with van der Waals surface area (Å²) in [6.07, 6.45) is 2.22. The first-order chi connectivity index (χ1) is 12.5. The van der Waals surface area contributed by atoms with Crippen molar-refractivity contribution >= 4 is 46.4 Å². The molecule has 1 heterocycles. The van der Waals surface area contributed by atoms with Crippen molar-refractivity contribution in [3.05, 3.63) is 42.0 Å². The van der Waals surface area contributed by atoms with Crippen LogP contribution in [0.2, 0.25) is 0 Å². The largest absolute Gasteiger partial charge is 0.490 e. The van der Waals surface area contributed by atoms with E-state index in [0.717, 1.165) is 33.6 Å². The van der Waals surface area contributed by atoms with Crippen LogP contribution < -0.4 is 10.2 Å². The summed E-state index contributed by atoms with van der Waals surface area (Å²) in [5.41, 5.74) is 3.56. The Hall–Kier alpha value is -1.66. The van der Waals surface area contributed by atoms with Gasteiger partial charge in [0.2, 0.25) is 5.91 Å². The minimum atomic E-state index is -0.0581. The van der Waals surface area contributed by atoms with Crippen molar-refractivity contribution in [1.82, 2.24) is 5.43 Å². The number of thioether (sulfide) groups is 2. The number of carbonyl (C=O) groups excluding carboxylic acids is 1. The number of nitrogens with zero attached hydrogens (tertiary/aromatic N) is 1. The van der Waals surface area contributed by atoms with Crippen LogP contribution in [0.5, 0.6) is 5.75 Å². The van der Waals surface area contributed by atoms with Crippen molar-refractivity contribution in [2.24, 2.45) is 5.10 Å². The number of hydrogen-bond acceptors (Lipinski definition) is 5. The highest BCUT2D eigenvalue weighted by Crippen LogP contribution is 2.45. The summed E-state index contributed by atoms with van der Waals surface area (Å²) >= 11 is 3.69. The van der Waals surface area contributed by atoms with Crippen molar-refractivity contribution in [1.29, 1.82) is 0 Å². The Bertz CT molecular complexity index is 815. The molecular weight excluding hydrogens is 364 g/mol. The summed E-state index contributed by atoms with van der Waals surface area (Å²) in [5.74, 6) is 2.91. The first kappa shape index (κ1) is 19.1. The number of hydrogen-bond donors (Lipinski definition) is 1. The van der Waals surface area contributed by atoms with Crippen molar-refractivity contribution in [3.8, 4) is 5.75 Å². The Balaban J connectivity index is 1.77. The van der Waals surface area contributed by atoms with Gasteiger partial charge in [0.05, 0.1) is 22.8 Å². The molecule has 0 saturated carbocycles. The van der Waals surface area contributed by atoms with Gasteiger partial charge < -0.3 is 4.74 Å². The molecular formula is C20H24N2O2S2. The van der Waals surface area contributed by atoms with Gasteiger partial charge in [-0.05, 0) is 37.6 Å². The topological polar surface area (TPSA) is 50.7 Å². The van der Waals surface area contributed by atoms with Gasteiger partial charge in [0.1, 0.15) is 5.75 Å². The molecule has 2 aromatic carbocycles. The van der Waals surface area contributed by atoms with E-state index in [1.807, 2.05) is 67.7 Å². The van der Waals surface area contributed by atoms with E-state index in [0.29, 0.717) is 6.42 Å². The molecule has 1 amide bonds. The second-order valence-corrected chi connectivity index (χ2v) is 10.1. The van der Waals surface area contributed by atoms with Crippen LogP contribution in [0.3, 0.4) is 0 Å². The minimum Gasteiger partial charge on any atom is -0.490 e. The highest BCUT2D eigenvalue weighted by atomic mass is 32.2. The fraction of sp³-hybridized carbons (Fsp3) is 0.400. The smallest absolute Gasteiger partial charge is 0.242 e. The quantitative estimate of drug-likeness (QED) is 0.577. The molecule has 1 fully saturated rings. The molecule has 0 atom stereocenters. The molecule has 3 rings (SSSR count). The van der Waals surface area contributed by atoms with Crippen LogP contribution in [0, 0.1) is 0 Å². The fourth-order valence-electron chi connectivity index (χ4n) is 2.92. The molecule has 1 aliphatic heterocycles. The van der Waals surface area contributed by atoms with Crippen LogP contribution in [0.4, 0.5) is 0 Å². The zero-order valence-electron chi connectivity index (χ0n) is 15.3. The SMILES string of the molecule is CC(C)Oc1ccc2ccccc2c1/C=N\NC(=O)CC1(C)SCCS1. The molecule has 0 bridgehead atoms. The first-order valence-corrected chi connectivity index (χ1v) is 10.7. The summed E-state index contributed by atoms with van der Waals surface area (Å²) in [4.78, 5) is 12.2. The number of fused-ring (bicyclic) bond motifs is 1. The average molecular weight is 389 g/mol. The van der Waals surface area contributed by atoms with Crippen LogP contribution in [-0.2, 0) is 4.79 Å². The zero-order chi connectivity index (χ0) is 18.6. The van der Waals surface area contributed by atoms with Gasteiger partial charge in [-0.3, -0.25) is 4.79 Å². The van der Waals surface area contributed by atoms with Gasteiger partial charge in [-0.15, -0.1) is 23.5 Å². The number of ether oxygens (including phenoxy) is 1. The number of hydrazone groups is 1. The lowest BCUT2D eigenvalue weighted by Gasteiger charge is -2.19. The van der Waals surface area contributed by atoms with E-state index >= 15 is 0 Å². The second-order valence-electron chi connectivity index (χ2n) is 6.67. The lowest BCUT2D eigenvalue weighted by atomic mass is 10.0. The predicted octanol–water partition coefficient (Wildman–Crippen LogP) is 4.66. The average Bonchev–Trinajstić information content (AvgIpc) is 3.02. The fourth-order valence-corrected chi connectivity index (χ4v) is 5.75. The van der Waals surface area contributed by atoms with Crippen LogP contribution in [0.1, 0.15) is 32.8 Å². The lowest BCUT2D eigenvalue weighted by Crippen LogP contribution is -2.26. The molecule has 1 N–H and O–H groups in total. The van der Waals surface area contributed by atoms with E-state index in [1.165, 1.54) is 0 Å². The van der Waals surface area contributed by atoms with Gasteiger partial charge >= 0.3 is 0 Å². The maximum Gasteiger partial charge on any atom is 0.242 e. The van der Waals surface area contributed by atoms with E-state index in [1.54, 1.807) is 6.21 Å². The van der Waals surface area contributed by atoms with Crippen molar-refractivity contribution in [3.63, 3.8) is 0 Å². The molecule has 4 nitrogen and oxygen atoms in total. The molecule has 1 saturated heterocycles. The normalized spacial score (nSPS) is 16.5. The van der Waals surface area contributed by atoms with Crippen LogP contribution in [-0.4, -0.2) is 33.8 Å². The Morgan fingerprint density at radius 3 is 2.73 bits per heavy atom. The first-order valence-electron chi connectivity index (χ1n) is 8.75. The van der Waals surface area contributed by atoms with Crippen molar-refractivity contribution in [2.75, 3.05) is 11.5 Å². The van der Waals surface area contributed by atoms with Crippen molar-refractivity contribution in [2.45, 2.75) is 37.4 Å². The third-order valence-electron chi connectivity index (χ3n) is 4.06. The minimum absolute atomic E-state index is 0.0367. The highest BCUT2D eigenvalue weighted by molar-refractivity contribution is 8.21. The van der Waals surface area contributed by atoms with Gasteiger partial charge in [0.25, 0.3) is 0 Å². The van der Waals surface area contributed by atoms with E-state index in [2.05, 4.69) is 23.5 Å². The van der Waals surface area contributed by atoms with E-state index < -0.39 is 0 Å². The van der Waals surface area contributed by atoms with Crippen LogP contribution >= 0.6 is 23.5 Å². The van der Waals surface area contributed by atoms with E-state index in [4.69, 9.17) is 4.74 Å². The molecule has 0 aromatic heterocycles. The molecule has 1 aliphatic rings. The number of nitrogens with one attached hydrogen (secondary N) is 1. The van der Waals surface area contributed by atoms with E-state index in [-0.39, 0.29) is 16.1 Å². The third kappa shape index (κ3) is 4.74. The Morgan fingerprint density at radius 1 is 1.27 bits per heavy atom. The Morgan fingerprint density at radius 2 is 2.00 bits per heavy atom. The van der Waals surface area contributed by atoms with Crippen LogP contribution in [0.25, 0.3) is 10.8 Å². The number of benzene rings is 2. The summed E-state index contributed by atoms with van der Waals surface area (Å²) in [7, 11) is 0. The van der Waals surface area contributed by atoms with E-state index in [9.17, 15) is 4.79 Å². The summed E-state index contributed by atoms with van der Waals surface area (Å²) in [6.45, 7) is 6.11. The number of amides is 1. The summed E-state index contributed by atoms with van der Waals surface area (Å²) < 4.78 is 5.89. The highest BCUT2D eigenvalue weighted by Gasteiger charge is 2.32. The molecule has 26 heavy (non-hydrogen) atoms. The molecule has 6 heteroatoms. The molecule has 0 unspecified atom stereocenters. The summed E-state index contributed by atoms with van der Waals surface area (Å²) in [5, 5.41) is 6.38. The monoisotopic (exact) mass is 388 g/mol. The number of rotatable bonds is 6. The van der Waals surface area contributed by atoms with Crippen LogP contribution in [0.15, 0.2) is 41.5 Å². The third-order valence-corrected chi connectivity index (χ3v) is 7.35. The van der Waals surface area contributed by atoms with Gasteiger partial charge in [-0.25, -0.2) is 5.43 Å². The molecule has 2 aromatic rings. The number of carbonyl (C=O) groups is 1. The maximum atomic E-state index is 12.2. The molecule has 0 aliphatic carbocycles. The second kappa shape index (κ2) is 8.35. The molecule has 138 valence electrons. The molecule has 0 radical (unpaired) electrons. The Labute approximate surface area is 163 Å². The van der Waals surface area contributed by atoms with Gasteiger partial charge in [-0.1, -0.05) is 30.3 Å². The maximum absolute atomic E-state index is 12.2. The Kier molecular flexibility index (Phi) is 6.14. The van der Waals surface area contributed by atoms with Crippen molar-refractivity contribution < 1.29 is 9.53 Å². The summed E-state index contributed by atoms with van der Waals surface area (Å²) in [6, 6.07) is 12.1. The standard InChI is InChI=1S/C20H24N2O2S2/c1-14(2)24-18-9-8-15-6-4-5-7-16(15)17(18)13-21-22-19(23)12-20(3)25-10-11-26-20/h4-9,13-14H,10-12H2,1-3H3,(H,22,23)/b21-13-. The molecule has 0 spiro atoms.